The van der Waals surface area contributed by atoms with Gasteiger partial charge in [0.05, 0.1) is 7.11 Å². The first-order valence-electron chi connectivity index (χ1n) is 5.27. The second-order valence-electron chi connectivity index (χ2n) is 3.63. The molecule has 16 heavy (non-hydrogen) atoms. The highest BCUT2D eigenvalue weighted by Crippen LogP contribution is 2.29. The molecule has 1 aromatic carbocycles. The number of hydrogen-bond donors (Lipinski definition) is 1. The van der Waals surface area contributed by atoms with Crippen LogP contribution in [0.25, 0.3) is 0 Å². The van der Waals surface area contributed by atoms with Gasteiger partial charge in [0.2, 0.25) is 0 Å². The minimum Gasteiger partial charge on any atom is -0.496 e. The molecule has 1 atom stereocenters. The Bertz CT molecular complexity index is 331. The Balaban J connectivity index is 2.70. The molecule has 0 radical (unpaired) electrons. The molecule has 0 bridgehead atoms. The first-order valence-corrected chi connectivity index (χ1v) is 6.06. The Kier molecular flexibility index (Phi) is 5.80. The lowest BCUT2D eigenvalue weighted by atomic mass is 10.0. The molecule has 0 heterocycles. The fraction of sp³-hybridized carbons (Fsp3) is 0.500. The van der Waals surface area contributed by atoms with Gasteiger partial charge in [-0.2, -0.15) is 0 Å². The third kappa shape index (κ3) is 3.77. The first kappa shape index (κ1) is 13.5. The molecule has 1 aromatic rings. The third-order valence-electron chi connectivity index (χ3n) is 2.46. The van der Waals surface area contributed by atoms with Crippen LogP contribution in [0.3, 0.4) is 0 Å². The summed E-state index contributed by atoms with van der Waals surface area (Å²) >= 11 is 3.41. The predicted octanol–water partition coefficient (Wildman–Crippen LogP) is 2.88. The topological polar surface area (TPSA) is 44.5 Å². The highest BCUT2D eigenvalue weighted by Gasteiger charge is 2.11. The van der Waals surface area contributed by atoms with Gasteiger partial charge in [0.25, 0.3) is 0 Å². The minimum absolute atomic E-state index is 0.00167. The molecular formula is C12H18BrNO2. The van der Waals surface area contributed by atoms with Crippen molar-refractivity contribution in [3.05, 3.63) is 28.2 Å². The van der Waals surface area contributed by atoms with Crippen molar-refractivity contribution in [3.8, 4) is 5.75 Å². The van der Waals surface area contributed by atoms with Crippen molar-refractivity contribution in [1.29, 1.82) is 0 Å². The fourth-order valence-electron chi connectivity index (χ4n) is 1.59. The van der Waals surface area contributed by atoms with Crippen LogP contribution in [0.15, 0.2) is 22.7 Å². The predicted molar refractivity (Wildman–Crippen MR) is 68.7 cm³/mol. The Morgan fingerprint density at radius 2 is 2.12 bits per heavy atom. The lowest BCUT2D eigenvalue weighted by Crippen LogP contribution is -2.12. The van der Waals surface area contributed by atoms with E-state index in [1.807, 2.05) is 18.2 Å². The molecular weight excluding hydrogens is 270 g/mol. The molecule has 0 amide bonds. The summed E-state index contributed by atoms with van der Waals surface area (Å²) in [5.74, 6) is 0.833. The van der Waals surface area contributed by atoms with E-state index in [2.05, 4.69) is 15.9 Å². The number of rotatable bonds is 6. The molecule has 2 N–H and O–H groups in total. The Morgan fingerprint density at radius 3 is 2.75 bits per heavy atom. The van der Waals surface area contributed by atoms with Crippen molar-refractivity contribution in [3.63, 3.8) is 0 Å². The van der Waals surface area contributed by atoms with E-state index in [9.17, 15) is 0 Å². The number of hydrogen-bond acceptors (Lipinski definition) is 3. The van der Waals surface area contributed by atoms with Gasteiger partial charge < -0.3 is 15.2 Å². The first-order chi connectivity index (χ1) is 7.69. The van der Waals surface area contributed by atoms with E-state index < -0.39 is 0 Å². The van der Waals surface area contributed by atoms with Crippen LogP contribution in [-0.4, -0.2) is 20.8 Å². The number of nitrogens with two attached hydrogens (primary N) is 1. The van der Waals surface area contributed by atoms with Crippen molar-refractivity contribution >= 4 is 15.9 Å². The molecule has 0 aromatic heterocycles. The second-order valence-corrected chi connectivity index (χ2v) is 4.54. The smallest absolute Gasteiger partial charge is 0.124 e. The van der Waals surface area contributed by atoms with Crippen molar-refractivity contribution in [1.82, 2.24) is 0 Å². The summed E-state index contributed by atoms with van der Waals surface area (Å²) in [5, 5.41) is 0. The largest absolute Gasteiger partial charge is 0.496 e. The molecule has 4 heteroatoms. The van der Waals surface area contributed by atoms with Gasteiger partial charge in [0.1, 0.15) is 5.75 Å². The van der Waals surface area contributed by atoms with Gasteiger partial charge in [-0.25, -0.2) is 0 Å². The number of ether oxygens (including phenoxy) is 2. The van der Waals surface area contributed by atoms with Crippen LogP contribution in [0.2, 0.25) is 0 Å². The molecule has 0 fully saturated rings. The van der Waals surface area contributed by atoms with E-state index in [1.165, 1.54) is 0 Å². The molecule has 3 nitrogen and oxygen atoms in total. The Morgan fingerprint density at radius 1 is 1.38 bits per heavy atom. The van der Waals surface area contributed by atoms with Crippen molar-refractivity contribution in [2.24, 2.45) is 5.73 Å². The second kappa shape index (κ2) is 6.89. The molecule has 1 rings (SSSR count). The van der Waals surface area contributed by atoms with E-state index in [4.69, 9.17) is 15.2 Å². The van der Waals surface area contributed by atoms with Crippen LogP contribution in [0, 0.1) is 0 Å². The Labute approximate surface area is 105 Å². The SMILES string of the molecule is COCCCC(N)c1ccc(Br)cc1OC. The van der Waals surface area contributed by atoms with E-state index in [1.54, 1.807) is 14.2 Å². The molecule has 0 aliphatic carbocycles. The summed E-state index contributed by atoms with van der Waals surface area (Å²) < 4.78 is 11.3. The van der Waals surface area contributed by atoms with Gasteiger partial charge in [0, 0.05) is 29.8 Å². The monoisotopic (exact) mass is 287 g/mol. The maximum Gasteiger partial charge on any atom is 0.124 e. The van der Waals surface area contributed by atoms with Crippen LogP contribution < -0.4 is 10.5 Å². The van der Waals surface area contributed by atoms with Gasteiger partial charge in [-0.3, -0.25) is 0 Å². The molecule has 0 aliphatic heterocycles. The van der Waals surface area contributed by atoms with Crippen molar-refractivity contribution in [2.75, 3.05) is 20.8 Å². The average Bonchev–Trinajstić information content (AvgIpc) is 2.29. The number of methoxy groups -OCH3 is 2. The zero-order valence-corrected chi connectivity index (χ0v) is 11.3. The molecule has 0 saturated heterocycles. The van der Waals surface area contributed by atoms with Crippen molar-refractivity contribution < 1.29 is 9.47 Å². The zero-order chi connectivity index (χ0) is 12.0. The van der Waals surface area contributed by atoms with E-state index in [0.29, 0.717) is 0 Å². The van der Waals surface area contributed by atoms with E-state index >= 15 is 0 Å². The maximum atomic E-state index is 6.11. The summed E-state index contributed by atoms with van der Waals surface area (Å²) in [6.45, 7) is 0.743. The summed E-state index contributed by atoms with van der Waals surface area (Å²) in [6, 6.07) is 5.91. The fourth-order valence-corrected chi connectivity index (χ4v) is 1.93. The highest BCUT2D eigenvalue weighted by molar-refractivity contribution is 9.10. The number of halogens is 1. The van der Waals surface area contributed by atoms with Crippen LogP contribution in [0.4, 0.5) is 0 Å². The maximum absolute atomic E-state index is 6.11. The van der Waals surface area contributed by atoms with Crippen molar-refractivity contribution in [2.45, 2.75) is 18.9 Å². The lowest BCUT2D eigenvalue weighted by Gasteiger charge is -2.15. The molecule has 1 unspecified atom stereocenters. The van der Waals surface area contributed by atoms with Gasteiger partial charge in [-0.15, -0.1) is 0 Å². The third-order valence-corrected chi connectivity index (χ3v) is 2.95. The molecule has 0 aliphatic rings. The van der Waals surface area contributed by atoms with E-state index in [0.717, 1.165) is 35.2 Å². The normalized spacial score (nSPS) is 12.5. The van der Waals surface area contributed by atoms with E-state index in [-0.39, 0.29) is 6.04 Å². The zero-order valence-electron chi connectivity index (χ0n) is 9.70. The van der Waals surface area contributed by atoms with Gasteiger partial charge in [-0.1, -0.05) is 22.0 Å². The van der Waals surface area contributed by atoms with Gasteiger partial charge in [-0.05, 0) is 25.0 Å². The summed E-state index contributed by atoms with van der Waals surface area (Å²) in [5.41, 5.74) is 7.15. The van der Waals surface area contributed by atoms with Gasteiger partial charge in [0.15, 0.2) is 0 Å². The molecule has 90 valence electrons. The summed E-state index contributed by atoms with van der Waals surface area (Å²) in [6.07, 6.45) is 1.85. The van der Waals surface area contributed by atoms with Crippen LogP contribution >= 0.6 is 15.9 Å². The summed E-state index contributed by atoms with van der Waals surface area (Å²) in [7, 11) is 3.36. The summed E-state index contributed by atoms with van der Waals surface area (Å²) in [4.78, 5) is 0. The van der Waals surface area contributed by atoms with Crippen LogP contribution in [-0.2, 0) is 4.74 Å². The van der Waals surface area contributed by atoms with Crippen LogP contribution in [0.1, 0.15) is 24.4 Å². The number of benzene rings is 1. The molecule has 0 saturated carbocycles. The van der Waals surface area contributed by atoms with Gasteiger partial charge >= 0.3 is 0 Å². The average molecular weight is 288 g/mol. The Hall–Kier alpha value is -0.580. The van der Waals surface area contributed by atoms with Crippen LogP contribution in [0.5, 0.6) is 5.75 Å². The molecule has 0 spiro atoms. The minimum atomic E-state index is -0.00167. The highest BCUT2D eigenvalue weighted by atomic mass is 79.9. The quantitative estimate of drug-likeness (QED) is 0.819. The standard InChI is InChI=1S/C12H18BrNO2/c1-15-7-3-4-11(14)10-6-5-9(13)8-12(10)16-2/h5-6,8,11H,3-4,7,14H2,1-2H3. The lowest BCUT2D eigenvalue weighted by molar-refractivity contribution is 0.190.